The number of thioether (sulfide) groups is 1. The maximum Gasteiger partial charge on any atom is 0.266 e. The SMILES string of the molecule is CC(/C=C1\SC(=S)N(CCCC(=O)N(Cc2ccccc2)C(C)(C)C)C1=O)=C\c1ccccc1. The van der Waals surface area contributed by atoms with E-state index in [1.807, 2.05) is 105 Å². The topological polar surface area (TPSA) is 40.6 Å². The summed E-state index contributed by atoms with van der Waals surface area (Å²) >= 11 is 6.79. The molecule has 6 heteroatoms. The Bertz CT molecular complexity index is 1090. The molecule has 0 unspecified atom stereocenters. The third-order valence-electron chi connectivity index (χ3n) is 5.49. The third-order valence-corrected chi connectivity index (χ3v) is 6.87. The second-order valence-corrected chi connectivity index (χ2v) is 11.0. The molecule has 1 aliphatic rings. The summed E-state index contributed by atoms with van der Waals surface area (Å²) in [4.78, 5) is 30.2. The molecule has 2 amide bonds. The lowest BCUT2D eigenvalue weighted by Crippen LogP contribution is -2.45. The van der Waals surface area contributed by atoms with Gasteiger partial charge >= 0.3 is 0 Å². The lowest BCUT2D eigenvalue weighted by Gasteiger charge is -2.36. The van der Waals surface area contributed by atoms with Gasteiger partial charge in [0.15, 0.2) is 0 Å². The van der Waals surface area contributed by atoms with Gasteiger partial charge in [0.25, 0.3) is 5.91 Å². The summed E-state index contributed by atoms with van der Waals surface area (Å²) < 4.78 is 0.549. The zero-order valence-corrected chi connectivity index (χ0v) is 21.9. The Morgan fingerprint density at radius 3 is 2.29 bits per heavy atom. The normalized spacial score (nSPS) is 15.8. The van der Waals surface area contributed by atoms with E-state index in [4.69, 9.17) is 12.2 Å². The lowest BCUT2D eigenvalue weighted by atomic mass is 10.0. The monoisotopic (exact) mass is 492 g/mol. The molecule has 2 aromatic rings. The summed E-state index contributed by atoms with van der Waals surface area (Å²) in [6.07, 6.45) is 4.86. The molecule has 0 saturated carbocycles. The van der Waals surface area contributed by atoms with Crippen LogP contribution in [-0.4, -0.2) is 38.0 Å². The number of hydrogen-bond donors (Lipinski definition) is 0. The summed E-state index contributed by atoms with van der Waals surface area (Å²) in [5.41, 5.74) is 2.89. The van der Waals surface area contributed by atoms with Crippen molar-refractivity contribution in [2.45, 2.75) is 52.6 Å². The quantitative estimate of drug-likeness (QED) is 0.314. The van der Waals surface area contributed by atoms with Crippen LogP contribution in [0.2, 0.25) is 0 Å². The fourth-order valence-corrected chi connectivity index (χ4v) is 5.10. The highest BCUT2D eigenvalue weighted by atomic mass is 32.2. The zero-order valence-electron chi connectivity index (χ0n) is 20.3. The smallest absolute Gasteiger partial charge is 0.266 e. The molecule has 4 nitrogen and oxygen atoms in total. The molecule has 1 fully saturated rings. The highest BCUT2D eigenvalue weighted by molar-refractivity contribution is 8.26. The van der Waals surface area contributed by atoms with Crippen LogP contribution in [0, 0.1) is 0 Å². The van der Waals surface area contributed by atoms with Crippen LogP contribution in [0.25, 0.3) is 6.08 Å². The first-order valence-electron chi connectivity index (χ1n) is 11.5. The van der Waals surface area contributed by atoms with Gasteiger partial charge in [0, 0.05) is 25.0 Å². The summed E-state index contributed by atoms with van der Waals surface area (Å²) in [5.74, 6) is -0.000742. The number of carbonyl (C=O) groups is 2. The molecule has 0 aromatic heterocycles. The molecule has 0 radical (unpaired) electrons. The van der Waals surface area contributed by atoms with Crippen molar-refractivity contribution in [1.29, 1.82) is 0 Å². The van der Waals surface area contributed by atoms with Gasteiger partial charge in [-0.1, -0.05) is 90.7 Å². The van der Waals surface area contributed by atoms with E-state index in [1.165, 1.54) is 11.8 Å². The van der Waals surface area contributed by atoms with Crippen molar-refractivity contribution in [2.75, 3.05) is 6.54 Å². The van der Waals surface area contributed by atoms with E-state index < -0.39 is 0 Å². The minimum atomic E-state index is -0.292. The second-order valence-electron chi connectivity index (χ2n) is 9.37. The van der Waals surface area contributed by atoms with Crippen LogP contribution in [-0.2, 0) is 16.1 Å². The van der Waals surface area contributed by atoms with E-state index >= 15 is 0 Å². The third kappa shape index (κ3) is 7.15. The van der Waals surface area contributed by atoms with Gasteiger partial charge in [-0.25, -0.2) is 0 Å². The predicted octanol–water partition coefficient (Wildman–Crippen LogP) is 6.44. The molecule has 0 N–H and O–H groups in total. The molecule has 34 heavy (non-hydrogen) atoms. The average Bonchev–Trinajstić information content (AvgIpc) is 3.05. The number of amides is 2. The lowest BCUT2D eigenvalue weighted by molar-refractivity contribution is -0.137. The first kappa shape index (κ1) is 25.9. The molecule has 0 bridgehead atoms. The Kier molecular flexibility index (Phi) is 8.86. The Balaban J connectivity index is 1.59. The van der Waals surface area contributed by atoms with Crippen molar-refractivity contribution in [1.82, 2.24) is 9.80 Å². The predicted molar refractivity (Wildman–Crippen MR) is 146 cm³/mol. The number of thiocarbonyl (C=S) groups is 1. The van der Waals surface area contributed by atoms with Crippen LogP contribution in [0.5, 0.6) is 0 Å². The number of nitrogens with zero attached hydrogens (tertiary/aromatic N) is 2. The van der Waals surface area contributed by atoms with E-state index in [1.54, 1.807) is 4.90 Å². The summed E-state index contributed by atoms with van der Waals surface area (Å²) in [6.45, 7) is 9.13. The standard InChI is InChI=1S/C28H32N2O2S2/c1-21(18-22-12-7-5-8-13-22)19-24-26(32)29(27(33)34-24)17-11-16-25(31)30(28(2,3)4)20-23-14-9-6-10-15-23/h5-10,12-15,18-19H,11,16-17,20H2,1-4H3/b21-18+,24-19-. The van der Waals surface area contributed by atoms with Crippen molar-refractivity contribution in [2.24, 2.45) is 0 Å². The van der Waals surface area contributed by atoms with Gasteiger partial charge in [0.1, 0.15) is 4.32 Å². The first-order chi connectivity index (χ1) is 16.1. The maximum absolute atomic E-state index is 13.1. The van der Waals surface area contributed by atoms with Gasteiger partial charge in [-0.3, -0.25) is 14.5 Å². The number of rotatable bonds is 8. The molecular weight excluding hydrogens is 460 g/mol. The average molecular weight is 493 g/mol. The first-order valence-corrected chi connectivity index (χ1v) is 12.7. The molecular formula is C28H32N2O2S2. The van der Waals surface area contributed by atoms with E-state index in [9.17, 15) is 9.59 Å². The summed E-state index contributed by atoms with van der Waals surface area (Å²) in [6, 6.07) is 20.0. The van der Waals surface area contributed by atoms with Gasteiger partial charge in [-0.05, 0) is 56.9 Å². The Morgan fingerprint density at radius 2 is 1.68 bits per heavy atom. The second kappa shape index (κ2) is 11.6. The van der Waals surface area contributed by atoms with Gasteiger partial charge in [0.05, 0.1) is 4.91 Å². The summed E-state index contributed by atoms with van der Waals surface area (Å²) in [7, 11) is 0. The van der Waals surface area contributed by atoms with Gasteiger partial charge in [-0.15, -0.1) is 0 Å². The van der Waals surface area contributed by atoms with Gasteiger partial charge in [-0.2, -0.15) is 0 Å². The van der Waals surface area contributed by atoms with Crippen LogP contribution in [0.3, 0.4) is 0 Å². The zero-order chi connectivity index (χ0) is 24.7. The van der Waals surface area contributed by atoms with Crippen molar-refractivity contribution in [3.05, 3.63) is 88.3 Å². The molecule has 2 aromatic carbocycles. The fourth-order valence-electron chi connectivity index (χ4n) is 3.74. The highest BCUT2D eigenvalue weighted by Crippen LogP contribution is 2.32. The molecule has 3 rings (SSSR count). The van der Waals surface area contributed by atoms with Crippen LogP contribution < -0.4 is 0 Å². The molecule has 0 aliphatic carbocycles. The maximum atomic E-state index is 13.1. The van der Waals surface area contributed by atoms with Crippen molar-refractivity contribution >= 4 is 46.2 Å². The summed E-state index contributed by atoms with van der Waals surface area (Å²) in [5, 5.41) is 0. The Labute approximate surface area is 212 Å². The van der Waals surface area contributed by atoms with Crippen LogP contribution in [0.15, 0.2) is 77.2 Å². The largest absolute Gasteiger partial charge is 0.334 e. The van der Waals surface area contributed by atoms with Crippen LogP contribution >= 0.6 is 24.0 Å². The van der Waals surface area contributed by atoms with E-state index in [0.29, 0.717) is 35.2 Å². The fraction of sp³-hybridized carbons (Fsp3) is 0.321. The van der Waals surface area contributed by atoms with E-state index in [-0.39, 0.29) is 17.4 Å². The molecule has 1 heterocycles. The van der Waals surface area contributed by atoms with Gasteiger partial charge < -0.3 is 4.90 Å². The Hall–Kier alpha value is -2.70. The highest BCUT2D eigenvalue weighted by Gasteiger charge is 2.32. The molecule has 1 aliphatic heterocycles. The number of benzene rings is 2. The van der Waals surface area contributed by atoms with Crippen LogP contribution in [0.4, 0.5) is 0 Å². The van der Waals surface area contributed by atoms with Crippen LogP contribution in [0.1, 0.15) is 51.7 Å². The molecule has 178 valence electrons. The molecule has 0 atom stereocenters. The Morgan fingerprint density at radius 1 is 1.06 bits per heavy atom. The number of hydrogen-bond acceptors (Lipinski definition) is 4. The van der Waals surface area contributed by atoms with E-state index in [0.717, 1.165) is 16.7 Å². The molecule has 0 spiro atoms. The number of allylic oxidation sites excluding steroid dienone is 2. The van der Waals surface area contributed by atoms with Crippen molar-refractivity contribution in [3.63, 3.8) is 0 Å². The minimum absolute atomic E-state index is 0.0824. The van der Waals surface area contributed by atoms with Gasteiger partial charge in [0.2, 0.25) is 5.91 Å². The van der Waals surface area contributed by atoms with Crippen molar-refractivity contribution < 1.29 is 9.59 Å². The molecule has 1 saturated heterocycles. The van der Waals surface area contributed by atoms with E-state index in [2.05, 4.69) is 0 Å². The van der Waals surface area contributed by atoms with Crippen molar-refractivity contribution in [3.8, 4) is 0 Å². The minimum Gasteiger partial charge on any atom is -0.334 e. The number of carbonyl (C=O) groups excluding carboxylic acids is 2.